The summed E-state index contributed by atoms with van der Waals surface area (Å²) in [6.45, 7) is 2.83. The summed E-state index contributed by atoms with van der Waals surface area (Å²) in [5, 5.41) is 3.40. The van der Waals surface area contributed by atoms with Crippen LogP contribution in [-0.2, 0) is 6.18 Å². The Morgan fingerprint density at radius 1 is 1.35 bits per heavy atom. The summed E-state index contributed by atoms with van der Waals surface area (Å²) in [7, 11) is 0. The third-order valence-corrected chi connectivity index (χ3v) is 3.30. The van der Waals surface area contributed by atoms with Crippen LogP contribution in [0.2, 0.25) is 0 Å². The Bertz CT molecular complexity index is 429. The maximum absolute atomic E-state index is 12.6. The molecule has 0 radical (unpaired) electrons. The molecule has 5 heteroatoms. The van der Waals surface area contributed by atoms with Gasteiger partial charge < -0.3 is 10.1 Å². The number of benzene rings is 1. The van der Waals surface area contributed by atoms with Crippen molar-refractivity contribution in [2.45, 2.75) is 50.9 Å². The van der Waals surface area contributed by atoms with E-state index in [1.807, 2.05) is 6.92 Å². The van der Waals surface area contributed by atoms with Crippen LogP contribution < -0.4 is 10.1 Å². The van der Waals surface area contributed by atoms with Crippen LogP contribution >= 0.6 is 0 Å². The minimum Gasteiger partial charge on any atom is -0.491 e. The van der Waals surface area contributed by atoms with Crippen LogP contribution in [0.5, 0.6) is 5.75 Å². The van der Waals surface area contributed by atoms with E-state index < -0.39 is 11.7 Å². The SMILES string of the molecule is CC(CCCNC1CC1)Oc1cccc(C(F)(F)F)c1. The average Bonchev–Trinajstić information content (AvgIpc) is 3.18. The quantitative estimate of drug-likeness (QED) is 0.765. The Labute approximate surface area is 117 Å². The van der Waals surface area contributed by atoms with Gasteiger partial charge in [-0.15, -0.1) is 0 Å². The molecule has 0 aromatic heterocycles. The lowest BCUT2D eigenvalue weighted by Gasteiger charge is -2.16. The molecule has 1 aliphatic rings. The predicted molar refractivity (Wildman–Crippen MR) is 71.8 cm³/mol. The third kappa shape index (κ3) is 5.04. The van der Waals surface area contributed by atoms with Crippen molar-refractivity contribution in [2.75, 3.05) is 6.54 Å². The molecule has 0 spiro atoms. The highest BCUT2D eigenvalue weighted by Gasteiger charge is 2.30. The average molecular weight is 287 g/mol. The van der Waals surface area contributed by atoms with Crippen LogP contribution in [-0.4, -0.2) is 18.7 Å². The molecule has 0 saturated heterocycles. The molecule has 1 atom stereocenters. The smallest absolute Gasteiger partial charge is 0.416 e. The van der Waals surface area contributed by atoms with E-state index in [9.17, 15) is 13.2 Å². The molecule has 112 valence electrons. The van der Waals surface area contributed by atoms with Crippen molar-refractivity contribution in [1.82, 2.24) is 5.32 Å². The number of alkyl halides is 3. The van der Waals surface area contributed by atoms with E-state index in [2.05, 4.69) is 5.32 Å². The topological polar surface area (TPSA) is 21.3 Å². The number of hydrogen-bond donors (Lipinski definition) is 1. The van der Waals surface area contributed by atoms with Crippen molar-refractivity contribution in [2.24, 2.45) is 0 Å². The van der Waals surface area contributed by atoms with Crippen molar-refractivity contribution in [3.05, 3.63) is 29.8 Å². The number of hydrogen-bond acceptors (Lipinski definition) is 2. The fourth-order valence-electron chi connectivity index (χ4n) is 2.02. The molecule has 20 heavy (non-hydrogen) atoms. The number of halogens is 3. The van der Waals surface area contributed by atoms with Gasteiger partial charge in [0.15, 0.2) is 0 Å². The van der Waals surface area contributed by atoms with E-state index in [-0.39, 0.29) is 11.9 Å². The predicted octanol–water partition coefficient (Wildman–Crippen LogP) is 4.00. The van der Waals surface area contributed by atoms with Gasteiger partial charge in [-0.3, -0.25) is 0 Å². The highest BCUT2D eigenvalue weighted by atomic mass is 19.4. The minimum atomic E-state index is -4.32. The van der Waals surface area contributed by atoms with E-state index in [0.717, 1.165) is 31.5 Å². The van der Waals surface area contributed by atoms with Crippen LogP contribution in [0.15, 0.2) is 24.3 Å². The number of ether oxygens (including phenoxy) is 1. The van der Waals surface area contributed by atoms with Crippen LogP contribution in [0.25, 0.3) is 0 Å². The summed E-state index contributed by atoms with van der Waals surface area (Å²) < 4.78 is 43.3. The molecule has 1 aromatic carbocycles. The fraction of sp³-hybridized carbons (Fsp3) is 0.600. The Morgan fingerprint density at radius 2 is 2.10 bits per heavy atom. The normalized spacial score (nSPS) is 17.0. The minimum absolute atomic E-state index is 0.0838. The zero-order valence-corrected chi connectivity index (χ0v) is 11.5. The van der Waals surface area contributed by atoms with Gasteiger partial charge in [-0.2, -0.15) is 13.2 Å². The largest absolute Gasteiger partial charge is 0.491 e. The van der Waals surface area contributed by atoms with Crippen LogP contribution in [0.1, 0.15) is 38.2 Å². The molecule has 0 heterocycles. The van der Waals surface area contributed by atoms with Crippen LogP contribution in [0.3, 0.4) is 0 Å². The molecular weight excluding hydrogens is 267 g/mol. The highest BCUT2D eigenvalue weighted by molar-refractivity contribution is 5.30. The first-order valence-corrected chi connectivity index (χ1v) is 7.02. The van der Waals surface area contributed by atoms with Crippen molar-refractivity contribution in [3.63, 3.8) is 0 Å². The molecule has 1 saturated carbocycles. The molecule has 1 aliphatic carbocycles. The summed E-state index contributed by atoms with van der Waals surface area (Å²) in [5.41, 5.74) is -0.669. The molecule has 2 nitrogen and oxygen atoms in total. The molecule has 0 amide bonds. The van der Waals surface area contributed by atoms with Gasteiger partial charge in [0.2, 0.25) is 0 Å². The second-order valence-corrected chi connectivity index (χ2v) is 5.32. The first-order valence-electron chi connectivity index (χ1n) is 7.02. The molecule has 1 N–H and O–H groups in total. The molecule has 0 bridgehead atoms. The van der Waals surface area contributed by atoms with Gasteiger partial charge in [-0.1, -0.05) is 6.07 Å². The van der Waals surface area contributed by atoms with Gasteiger partial charge in [-0.25, -0.2) is 0 Å². The molecule has 1 aromatic rings. The van der Waals surface area contributed by atoms with E-state index in [1.165, 1.54) is 18.9 Å². The van der Waals surface area contributed by atoms with Crippen LogP contribution in [0, 0.1) is 0 Å². The van der Waals surface area contributed by atoms with E-state index in [1.54, 1.807) is 6.07 Å². The van der Waals surface area contributed by atoms with Gasteiger partial charge in [-0.05, 0) is 57.4 Å². The lowest BCUT2D eigenvalue weighted by atomic mass is 10.2. The monoisotopic (exact) mass is 287 g/mol. The zero-order chi connectivity index (χ0) is 14.6. The molecule has 2 rings (SSSR count). The maximum Gasteiger partial charge on any atom is 0.416 e. The zero-order valence-electron chi connectivity index (χ0n) is 11.5. The van der Waals surface area contributed by atoms with Gasteiger partial charge in [0.05, 0.1) is 11.7 Å². The van der Waals surface area contributed by atoms with Gasteiger partial charge >= 0.3 is 6.18 Å². The highest BCUT2D eigenvalue weighted by Crippen LogP contribution is 2.31. The van der Waals surface area contributed by atoms with Crippen LogP contribution in [0.4, 0.5) is 13.2 Å². The Hall–Kier alpha value is -1.23. The molecule has 0 aliphatic heterocycles. The second-order valence-electron chi connectivity index (χ2n) is 5.32. The third-order valence-electron chi connectivity index (χ3n) is 3.30. The number of nitrogens with one attached hydrogen (secondary N) is 1. The van der Waals surface area contributed by atoms with Gasteiger partial charge in [0.1, 0.15) is 5.75 Å². The molecule has 1 fully saturated rings. The van der Waals surface area contributed by atoms with Gasteiger partial charge in [0, 0.05) is 6.04 Å². The first kappa shape index (κ1) is 15.2. The Morgan fingerprint density at radius 3 is 2.75 bits per heavy atom. The summed E-state index contributed by atoms with van der Waals surface area (Å²) in [5.74, 6) is 0.280. The van der Waals surface area contributed by atoms with E-state index in [0.29, 0.717) is 6.04 Å². The molecular formula is C15H20F3NO. The summed E-state index contributed by atoms with van der Waals surface area (Å²) >= 11 is 0. The van der Waals surface area contributed by atoms with Crippen molar-refractivity contribution < 1.29 is 17.9 Å². The lowest BCUT2D eigenvalue weighted by molar-refractivity contribution is -0.137. The fourth-order valence-corrected chi connectivity index (χ4v) is 2.02. The van der Waals surface area contributed by atoms with E-state index in [4.69, 9.17) is 4.74 Å². The summed E-state index contributed by atoms with van der Waals surface area (Å²) in [6, 6.07) is 5.73. The standard InChI is InChI=1S/C15H20F3NO/c1-11(4-3-9-19-13-7-8-13)20-14-6-2-5-12(10-14)15(16,17)18/h2,5-6,10-11,13,19H,3-4,7-9H2,1H3. The lowest BCUT2D eigenvalue weighted by Crippen LogP contribution is -2.20. The second kappa shape index (κ2) is 6.48. The summed E-state index contributed by atoms with van der Waals surface area (Å²) in [4.78, 5) is 0. The maximum atomic E-state index is 12.6. The Balaban J connectivity index is 1.76. The van der Waals surface area contributed by atoms with Gasteiger partial charge in [0.25, 0.3) is 0 Å². The van der Waals surface area contributed by atoms with Crippen molar-refractivity contribution >= 4 is 0 Å². The van der Waals surface area contributed by atoms with Crippen molar-refractivity contribution in [1.29, 1.82) is 0 Å². The Kier molecular flexibility index (Phi) is 4.91. The molecule has 1 unspecified atom stereocenters. The number of rotatable bonds is 7. The van der Waals surface area contributed by atoms with Crippen molar-refractivity contribution in [3.8, 4) is 5.75 Å². The summed E-state index contributed by atoms with van der Waals surface area (Å²) in [6.07, 6.45) is -0.0878. The van der Waals surface area contributed by atoms with E-state index >= 15 is 0 Å². The first-order chi connectivity index (χ1) is 9.45.